The molecular weight excluding hydrogens is 304 g/mol. The molecule has 0 radical (unpaired) electrons. The third kappa shape index (κ3) is 2.70. The van der Waals surface area contributed by atoms with E-state index in [9.17, 15) is 15.0 Å². The molecule has 1 aliphatic carbocycles. The smallest absolute Gasteiger partial charge is 0.339 e. The molecule has 128 valence electrons. The van der Waals surface area contributed by atoms with Crippen LogP contribution in [-0.2, 0) is 6.42 Å². The fourth-order valence-electron chi connectivity index (χ4n) is 3.95. The summed E-state index contributed by atoms with van der Waals surface area (Å²) in [5.41, 5.74) is 3.51. The molecule has 3 rings (SSSR count). The first kappa shape index (κ1) is 16.6. The van der Waals surface area contributed by atoms with Crippen LogP contribution in [0.15, 0.2) is 29.9 Å². The number of rotatable bonds is 3. The highest BCUT2D eigenvalue weighted by Gasteiger charge is 2.36. The topological polar surface area (TPSA) is 66.8 Å². The van der Waals surface area contributed by atoms with Crippen LogP contribution in [0.3, 0.4) is 0 Å². The Kier molecular flexibility index (Phi) is 4.39. The Morgan fingerprint density at radius 2 is 2.21 bits per heavy atom. The van der Waals surface area contributed by atoms with Gasteiger partial charge in [0.15, 0.2) is 0 Å². The van der Waals surface area contributed by atoms with Crippen molar-refractivity contribution in [3.63, 3.8) is 0 Å². The normalized spacial score (nSPS) is 22.8. The number of hydrogen-bond donors (Lipinski definition) is 2. The van der Waals surface area contributed by atoms with Crippen molar-refractivity contribution in [2.75, 3.05) is 6.61 Å². The van der Waals surface area contributed by atoms with Crippen LogP contribution in [0, 0.1) is 5.92 Å². The molecule has 1 aromatic rings. The lowest BCUT2D eigenvalue weighted by Crippen LogP contribution is -2.18. The maximum Gasteiger partial charge on any atom is 0.339 e. The number of benzene rings is 1. The molecule has 4 nitrogen and oxygen atoms in total. The molecule has 0 spiro atoms. The molecule has 0 amide bonds. The van der Waals surface area contributed by atoms with Crippen LogP contribution in [0.1, 0.15) is 60.5 Å². The van der Waals surface area contributed by atoms with Crippen molar-refractivity contribution in [2.24, 2.45) is 5.92 Å². The second-order valence-electron chi connectivity index (χ2n) is 6.86. The van der Waals surface area contributed by atoms with Crippen LogP contribution >= 0.6 is 0 Å². The largest absolute Gasteiger partial charge is 0.507 e. The van der Waals surface area contributed by atoms with Gasteiger partial charge in [-0.2, -0.15) is 0 Å². The second kappa shape index (κ2) is 6.34. The number of allylic oxidation sites excluding steroid dienone is 2. The van der Waals surface area contributed by atoms with Crippen LogP contribution in [0.5, 0.6) is 11.5 Å². The highest BCUT2D eigenvalue weighted by molar-refractivity contribution is 5.94. The van der Waals surface area contributed by atoms with Crippen molar-refractivity contribution in [2.45, 2.75) is 45.4 Å². The van der Waals surface area contributed by atoms with E-state index in [0.29, 0.717) is 29.9 Å². The zero-order chi connectivity index (χ0) is 17.4. The molecular formula is C20H24O4. The molecule has 2 N–H and O–H groups in total. The number of carboxylic acids is 1. The van der Waals surface area contributed by atoms with E-state index >= 15 is 0 Å². The van der Waals surface area contributed by atoms with Gasteiger partial charge in [-0.3, -0.25) is 0 Å². The minimum Gasteiger partial charge on any atom is -0.507 e. The average Bonchev–Trinajstić information content (AvgIpc) is 2.64. The molecule has 0 saturated carbocycles. The van der Waals surface area contributed by atoms with Gasteiger partial charge in [-0.1, -0.05) is 31.6 Å². The van der Waals surface area contributed by atoms with E-state index in [1.807, 2.05) is 6.92 Å². The first-order valence-electron chi connectivity index (χ1n) is 8.53. The predicted octanol–water partition coefficient (Wildman–Crippen LogP) is 4.43. The molecule has 0 fully saturated rings. The standard InChI is InChI=1S/C20H24O4/c1-4-5-13-9-16-18(19(21)17(13)20(22)23)15-8-11(2)6-7-14(15)12(3)10-24-16/h8-9,14-15,21H,3-7,10H2,1-2H3,(H,22,23)/t14-,15+/m0/s1. The molecule has 0 saturated heterocycles. The summed E-state index contributed by atoms with van der Waals surface area (Å²) in [5.74, 6) is -0.522. The van der Waals surface area contributed by atoms with Crippen molar-refractivity contribution < 1.29 is 19.7 Å². The molecule has 24 heavy (non-hydrogen) atoms. The number of hydrogen-bond acceptors (Lipinski definition) is 3. The van der Waals surface area contributed by atoms with E-state index in [1.54, 1.807) is 6.07 Å². The van der Waals surface area contributed by atoms with Gasteiger partial charge in [-0.05, 0) is 49.3 Å². The van der Waals surface area contributed by atoms with Gasteiger partial charge >= 0.3 is 5.97 Å². The van der Waals surface area contributed by atoms with Gasteiger partial charge in [0.25, 0.3) is 0 Å². The number of fused-ring (bicyclic) bond motifs is 3. The summed E-state index contributed by atoms with van der Waals surface area (Å²) < 4.78 is 5.91. The summed E-state index contributed by atoms with van der Waals surface area (Å²) >= 11 is 0. The van der Waals surface area contributed by atoms with Crippen LogP contribution < -0.4 is 4.74 Å². The fourth-order valence-corrected chi connectivity index (χ4v) is 3.95. The maximum absolute atomic E-state index is 11.7. The van der Waals surface area contributed by atoms with Crippen molar-refractivity contribution in [3.8, 4) is 11.5 Å². The van der Waals surface area contributed by atoms with Crippen LogP contribution in [-0.4, -0.2) is 22.8 Å². The number of ether oxygens (including phenoxy) is 1. The van der Waals surface area contributed by atoms with Gasteiger partial charge in [-0.15, -0.1) is 0 Å². The average molecular weight is 328 g/mol. The first-order valence-corrected chi connectivity index (χ1v) is 8.53. The van der Waals surface area contributed by atoms with Crippen molar-refractivity contribution in [3.05, 3.63) is 46.6 Å². The number of carbonyl (C=O) groups is 1. The Hall–Kier alpha value is -2.23. The zero-order valence-corrected chi connectivity index (χ0v) is 14.3. The summed E-state index contributed by atoms with van der Waals surface area (Å²) in [5, 5.41) is 20.4. The number of carboxylic acid groups (broad SMARTS) is 1. The third-order valence-electron chi connectivity index (χ3n) is 5.14. The maximum atomic E-state index is 11.7. The molecule has 4 heteroatoms. The lowest BCUT2D eigenvalue weighted by molar-refractivity contribution is 0.0692. The third-order valence-corrected chi connectivity index (χ3v) is 5.14. The minimum atomic E-state index is -1.09. The number of phenols is 1. The van der Waals surface area contributed by atoms with Gasteiger partial charge in [0.2, 0.25) is 0 Å². The lowest BCUT2D eigenvalue weighted by Gasteiger charge is -2.30. The fraction of sp³-hybridized carbons (Fsp3) is 0.450. The molecule has 0 bridgehead atoms. The van der Waals surface area contributed by atoms with E-state index in [0.717, 1.165) is 24.8 Å². The predicted molar refractivity (Wildman–Crippen MR) is 92.9 cm³/mol. The molecule has 1 aliphatic heterocycles. The molecule has 1 heterocycles. The van der Waals surface area contributed by atoms with E-state index in [1.165, 1.54) is 5.57 Å². The number of aromatic carboxylic acids is 1. The second-order valence-corrected chi connectivity index (χ2v) is 6.86. The minimum absolute atomic E-state index is 0.0158. The van der Waals surface area contributed by atoms with Gasteiger partial charge < -0.3 is 14.9 Å². The summed E-state index contributed by atoms with van der Waals surface area (Å²) in [6.45, 7) is 8.64. The van der Waals surface area contributed by atoms with E-state index in [-0.39, 0.29) is 23.1 Å². The SMILES string of the molecule is C=C1COc2cc(CCC)c(C(=O)O)c(O)c2[C@@H]2C=C(C)CC[C@@H]12. The molecule has 1 aromatic carbocycles. The summed E-state index contributed by atoms with van der Waals surface area (Å²) in [6, 6.07) is 1.80. The Labute approximate surface area is 142 Å². The first-order chi connectivity index (χ1) is 11.4. The van der Waals surface area contributed by atoms with Crippen molar-refractivity contribution in [1.29, 1.82) is 0 Å². The number of aromatic hydroxyl groups is 1. The van der Waals surface area contributed by atoms with E-state index < -0.39 is 5.97 Å². The summed E-state index contributed by atoms with van der Waals surface area (Å²) in [7, 11) is 0. The molecule has 0 aromatic heterocycles. The van der Waals surface area contributed by atoms with E-state index in [2.05, 4.69) is 19.6 Å². The Morgan fingerprint density at radius 3 is 2.88 bits per heavy atom. The Balaban J connectivity index is 2.25. The van der Waals surface area contributed by atoms with E-state index in [4.69, 9.17) is 4.74 Å². The molecule has 0 unspecified atom stereocenters. The highest BCUT2D eigenvalue weighted by atomic mass is 16.5. The molecule has 2 atom stereocenters. The van der Waals surface area contributed by atoms with Gasteiger partial charge in [0.1, 0.15) is 23.7 Å². The van der Waals surface area contributed by atoms with Crippen molar-refractivity contribution in [1.82, 2.24) is 0 Å². The highest BCUT2D eigenvalue weighted by Crippen LogP contribution is 2.50. The van der Waals surface area contributed by atoms with Gasteiger partial charge in [-0.25, -0.2) is 4.79 Å². The molecule has 2 aliphatic rings. The van der Waals surface area contributed by atoms with Crippen LogP contribution in [0.4, 0.5) is 0 Å². The lowest BCUT2D eigenvalue weighted by atomic mass is 9.73. The number of aryl methyl sites for hydroxylation is 1. The summed E-state index contributed by atoms with van der Waals surface area (Å²) in [6.07, 6.45) is 5.48. The monoisotopic (exact) mass is 328 g/mol. The van der Waals surface area contributed by atoms with Crippen LogP contribution in [0.25, 0.3) is 0 Å². The Morgan fingerprint density at radius 1 is 1.46 bits per heavy atom. The zero-order valence-electron chi connectivity index (χ0n) is 14.3. The van der Waals surface area contributed by atoms with Gasteiger partial charge in [0.05, 0.1) is 0 Å². The van der Waals surface area contributed by atoms with Crippen molar-refractivity contribution >= 4 is 5.97 Å². The van der Waals surface area contributed by atoms with Crippen LogP contribution in [0.2, 0.25) is 0 Å². The van der Waals surface area contributed by atoms with Gasteiger partial charge in [0, 0.05) is 11.5 Å². The summed E-state index contributed by atoms with van der Waals surface area (Å²) in [4.78, 5) is 11.7. The quantitative estimate of drug-likeness (QED) is 0.806. The Bertz CT molecular complexity index is 730.